The van der Waals surface area contributed by atoms with Crippen molar-refractivity contribution >= 4 is 11.7 Å². The van der Waals surface area contributed by atoms with Gasteiger partial charge < -0.3 is 29.2 Å². The first-order valence-corrected chi connectivity index (χ1v) is 12.8. The molecule has 3 fully saturated rings. The lowest BCUT2D eigenvalue weighted by molar-refractivity contribution is -0.170. The van der Waals surface area contributed by atoms with Crippen LogP contribution in [0.2, 0.25) is 0 Å². The summed E-state index contributed by atoms with van der Waals surface area (Å²) in [5.74, 6) is -0.243. The largest absolute Gasteiger partial charge is 0.458 e. The summed E-state index contributed by atoms with van der Waals surface area (Å²) in [7, 11) is 5.85. The predicted molar refractivity (Wildman–Crippen MR) is 137 cm³/mol. The molecule has 1 N–H and O–H groups in total. The molecule has 1 aromatic carbocycles. The first kappa shape index (κ1) is 26.1. The van der Waals surface area contributed by atoms with Crippen LogP contribution >= 0.6 is 0 Å². The Morgan fingerprint density at radius 1 is 1.26 bits per heavy atom. The number of nitrogens with one attached hydrogen (secondary N) is 1. The maximum atomic E-state index is 12.8. The summed E-state index contributed by atoms with van der Waals surface area (Å²) in [6.07, 6.45) is 5.25. The van der Waals surface area contributed by atoms with E-state index in [1.54, 1.807) is 7.11 Å². The molecule has 1 aliphatic carbocycles. The molecule has 4 rings (SSSR count). The quantitative estimate of drug-likeness (QED) is 0.289. The molecule has 1 unspecified atom stereocenters. The third-order valence-electron chi connectivity index (χ3n) is 7.76. The molecular weight excluding hydrogens is 444 g/mol. The number of carbonyl (C=O) groups is 1. The summed E-state index contributed by atoms with van der Waals surface area (Å²) in [6, 6.07) is 8.22. The first-order chi connectivity index (χ1) is 16.7. The molecule has 2 heterocycles. The molecule has 35 heavy (non-hydrogen) atoms. The molecule has 7 heteroatoms. The Bertz CT molecular complexity index is 906. The second kappa shape index (κ2) is 10.6. The molecule has 1 saturated carbocycles. The van der Waals surface area contributed by atoms with Gasteiger partial charge in [-0.05, 0) is 78.2 Å². The Morgan fingerprint density at radius 2 is 1.97 bits per heavy atom. The molecule has 7 nitrogen and oxygen atoms in total. The fraction of sp³-hybridized carbons (Fsp3) is 0.679. The minimum Gasteiger partial charge on any atom is -0.458 e. The molecule has 2 saturated heterocycles. The van der Waals surface area contributed by atoms with Crippen LogP contribution in [0.3, 0.4) is 0 Å². The lowest BCUT2D eigenvalue weighted by Gasteiger charge is -2.42. The van der Waals surface area contributed by atoms with Gasteiger partial charge in [0.25, 0.3) is 0 Å². The number of rotatable bonds is 11. The van der Waals surface area contributed by atoms with Crippen LogP contribution in [0.15, 0.2) is 35.9 Å². The molecule has 0 radical (unpaired) electrons. The van der Waals surface area contributed by atoms with Crippen LogP contribution in [-0.2, 0) is 30.2 Å². The fourth-order valence-corrected chi connectivity index (χ4v) is 5.60. The third kappa shape index (κ3) is 6.08. The summed E-state index contributed by atoms with van der Waals surface area (Å²) in [6.45, 7) is 8.21. The van der Waals surface area contributed by atoms with Gasteiger partial charge in [0.1, 0.15) is 30.0 Å². The van der Waals surface area contributed by atoms with Gasteiger partial charge in [0.15, 0.2) is 0 Å². The third-order valence-corrected chi connectivity index (χ3v) is 7.76. The van der Waals surface area contributed by atoms with Crippen LogP contribution in [0.25, 0.3) is 0 Å². The number of likely N-dealkylation sites (N-methyl/N-ethyl adjacent to an activating group) is 1. The van der Waals surface area contributed by atoms with Crippen LogP contribution in [0.5, 0.6) is 0 Å². The molecule has 194 valence electrons. The number of allylic oxidation sites excluding steroid dienone is 1. The van der Waals surface area contributed by atoms with Crippen LogP contribution in [0, 0.1) is 5.92 Å². The van der Waals surface area contributed by atoms with Crippen molar-refractivity contribution in [2.45, 2.75) is 76.0 Å². The number of carbonyl (C=O) groups excluding carboxylic acids is 1. The van der Waals surface area contributed by atoms with Crippen LogP contribution in [0.1, 0.15) is 45.6 Å². The highest BCUT2D eigenvalue weighted by molar-refractivity contribution is 5.75. The van der Waals surface area contributed by atoms with E-state index in [1.165, 1.54) is 11.1 Å². The van der Waals surface area contributed by atoms with E-state index in [0.717, 1.165) is 44.5 Å². The molecular formula is C28H42N2O5. The fourth-order valence-electron chi connectivity index (χ4n) is 5.60. The van der Waals surface area contributed by atoms with Crippen molar-refractivity contribution in [1.82, 2.24) is 4.90 Å². The number of hydrogen-bond acceptors (Lipinski definition) is 7. The zero-order valence-corrected chi connectivity index (χ0v) is 22.1. The monoisotopic (exact) mass is 486 g/mol. The number of hydrogen-bond donors (Lipinski definition) is 1. The van der Waals surface area contributed by atoms with Crippen molar-refractivity contribution in [3.05, 3.63) is 41.5 Å². The summed E-state index contributed by atoms with van der Waals surface area (Å²) in [5, 5.41) is 3.19. The summed E-state index contributed by atoms with van der Waals surface area (Å²) in [5.41, 5.74) is 2.92. The van der Waals surface area contributed by atoms with Gasteiger partial charge in [-0.2, -0.15) is 0 Å². The Hall–Kier alpha value is -1.93. The zero-order valence-electron chi connectivity index (χ0n) is 22.1. The first-order valence-electron chi connectivity index (χ1n) is 12.8. The van der Waals surface area contributed by atoms with Crippen LogP contribution in [-0.4, -0.2) is 81.3 Å². The van der Waals surface area contributed by atoms with E-state index >= 15 is 0 Å². The predicted octanol–water partition coefficient (Wildman–Crippen LogP) is 3.82. The minimum absolute atomic E-state index is 0.0322. The molecule has 1 aromatic rings. The molecule has 6 atom stereocenters. The highest BCUT2D eigenvalue weighted by atomic mass is 16.6. The van der Waals surface area contributed by atoms with Crippen molar-refractivity contribution in [3.63, 3.8) is 0 Å². The lowest BCUT2D eigenvalue weighted by Crippen LogP contribution is -2.55. The van der Waals surface area contributed by atoms with Gasteiger partial charge in [0.05, 0.1) is 18.6 Å². The van der Waals surface area contributed by atoms with Gasteiger partial charge >= 0.3 is 5.97 Å². The smallest absolute Gasteiger partial charge is 0.325 e. The van der Waals surface area contributed by atoms with Crippen molar-refractivity contribution < 1.29 is 23.7 Å². The standard InChI is InChI=1S/C28H42N2O5/c1-19(2)7-12-23-27(3,35-23)26-25(32-6)22(13-15-28(26)18-33-28)34-24(31)17-29-21-10-8-20(9-11-21)14-16-30(4)5/h7-11,22-23,25-26,29H,12-18H2,1-6H3/t22-,23?,25-,26-,27+,28+/m1/s1. The lowest BCUT2D eigenvalue weighted by atomic mass is 9.68. The van der Waals surface area contributed by atoms with Crippen LogP contribution < -0.4 is 5.32 Å². The zero-order chi connectivity index (χ0) is 25.2. The SMILES string of the molecule is CO[C@@H]1[C@H](OC(=O)CNc2ccc(CCN(C)C)cc2)CC[C@]2(CO2)[C@H]1[C@@]1(C)OC1CC=C(C)C. The molecule has 0 bridgehead atoms. The Balaban J connectivity index is 1.33. The molecule has 3 aliphatic rings. The van der Waals surface area contributed by atoms with E-state index in [-0.39, 0.29) is 47.9 Å². The normalized spacial score (nSPS) is 33.5. The van der Waals surface area contributed by atoms with Gasteiger partial charge in [-0.3, -0.25) is 4.79 Å². The molecule has 2 aliphatic heterocycles. The summed E-state index contributed by atoms with van der Waals surface area (Å²) >= 11 is 0. The van der Waals surface area contributed by atoms with E-state index in [2.05, 4.69) is 63.3 Å². The van der Waals surface area contributed by atoms with E-state index in [4.69, 9.17) is 18.9 Å². The number of ether oxygens (including phenoxy) is 4. The molecule has 0 aromatic heterocycles. The maximum Gasteiger partial charge on any atom is 0.325 e. The minimum atomic E-state index is -0.333. The van der Waals surface area contributed by atoms with Gasteiger partial charge in [-0.25, -0.2) is 0 Å². The van der Waals surface area contributed by atoms with E-state index in [9.17, 15) is 4.79 Å². The number of benzene rings is 1. The number of anilines is 1. The van der Waals surface area contributed by atoms with Crippen LogP contribution in [0.4, 0.5) is 5.69 Å². The van der Waals surface area contributed by atoms with Crippen molar-refractivity contribution in [1.29, 1.82) is 0 Å². The van der Waals surface area contributed by atoms with Crippen molar-refractivity contribution in [2.24, 2.45) is 5.92 Å². The highest BCUT2D eigenvalue weighted by Crippen LogP contribution is 2.59. The molecule has 0 amide bonds. The van der Waals surface area contributed by atoms with Gasteiger partial charge in [0.2, 0.25) is 0 Å². The van der Waals surface area contributed by atoms with Crippen molar-refractivity contribution in [2.75, 3.05) is 46.2 Å². The summed E-state index contributed by atoms with van der Waals surface area (Å²) in [4.78, 5) is 14.9. The number of nitrogens with zero attached hydrogens (tertiary/aromatic N) is 1. The summed E-state index contributed by atoms with van der Waals surface area (Å²) < 4.78 is 24.2. The van der Waals surface area contributed by atoms with E-state index in [0.29, 0.717) is 0 Å². The number of esters is 1. The van der Waals surface area contributed by atoms with E-state index in [1.807, 2.05) is 12.1 Å². The second-order valence-corrected chi connectivity index (χ2v) is 11.0. The number of methoxy groups -OCH3 is 1. The van der Waals surface area contributed by atoms with Crippen molar-refractivity contribution in [3.8, 4) is 0 Å². The van der Waals surface area contributed by atoms with Gasteiger partial charge in [0, 0.05) is 19.3 Å². The average molecular weight is 487 g/mol. The Labute approximate surface area is 210 Å². The average Bonchev–Trinajstić information content (AvgIpc) is 3.74. The highest BCUT2D eigenvalue weighted by Gasteiger charge is 2.72. The second-order valence-electron chi connectivity index (χ2n) is 11.0. The van der Waals surface area contributed by atoms with Gasteiger partial charge in [-0.1, -0.05) is 23.8 Å². The topological polar surface area (TPSA) is 75.9 Å². The number of epoxide rings is 2. The Morgan fingerprint density at radius 3 is 2.57 bits per heavy atom. The molecule has 1 spiro atoms. The maximum absolute atomic E-state index is 12.8. The van der Waals surface area contributed by atoms with E-state index < -0.39 is 0 Å². The van der Waals surface area contributed by atoms with Gasteiger partial charge in [-0.15, -0.1) is 0 Å². The Kier molecular flexibility index (Phi) is 7.91.